The maximum Gasteiger partial charge on any atom is 0.340 e. The summed E-state index contributed by atoms with van der Waals surface area (Å²) in [6, 6.07) is 16.0. The van der Waals surface area contributed by atoms with Gasteiger partial charge in [-0.3, -0.25) is 4.79 Å². The average molecular weight is 402 g/mol. The molecule has 4 atom stereocenters. The van der Waals surface area contributed by atoms with Gasteiger partial charge in [0.05, 0.1) is 11.1 Å². The molecule has 1 saturated heterocycles. The highest BCUT2D eigenvalue weighted by Gasteiger charge is 2.50. The van der Waals surface area contributed by atoms with Crippen LogP contribution in [0.2, 0.25) is 0 Å². The molecule has 2 aromatic carbocycles. The lowest BCUT2D eigenvalue weighted by molar-refractivity contribution is -0.155. The van der Waals surface area contributed by atoms with E-state index < -0.39 is 42.6 Å². The third kappa shape index (κ3) is 5.17. The molecule has 29 heavy (non-hydrogen) atoms. The van der Waals surface area contributed by atoms with Crippen molar-refractivity contribution in [3.05, 3.63) is 71.8 Å². The van der Waals surface area contributed by atoms with Crippen LogP contribution in [0.15, 0.2) is 60.7 Å². The smallest absolute Gasteiger partial charge is 0.340 e. The van der Waals surface area contributed by atoms with Crippen LogP contribution in [0.5, 0.6) is 0 Å². The summed E-state index contributed by atoms with van der Waals surface area (Å²) in [5, 5.41) is 0. The van der Waals surface area contributed by atoms with E-state index in [1.165, 1.54) is 31.2 Å². The molecule has 0 aliphatic carbocycles. The number of halogens is 1. The topological polar surface area (TPSA) is 88.1 Å². The Bertz CT molecular complexity index is 856. The average Bonchev–Trinajstić information content (AvgIpc) is 3.02. The number of alkyl halides is 1. The molecular formula is C21H19FO7. The van der Waals surface area contributed by atoms with Crippen molar-refractivity contribution in [2.24, 2.45) is 0 Å². The molecule has 3 rings (SSSR count). The van der Waals surface area contributed by atoms with E-state index in [2.05, 4.69) is 0 Å². The standard InChI is InChI=1S/C21H19FO7/c1-13(23)26-12-16-18(28-19(24)14-8-4-2-5-9-14)17(22)21(27-16)29-20(25)15-10-6-3-7-11-15/h2-11,16-18,21H,12H2,1H3. The normalized spacial score (nSPS) is 23.2. The van der Waals surface area contributed by atoms with Gasteiger partial charge in [-0.05, 0) is 24.3 Å². The highest BCUT2D eigenvalue weighted by atomic mass is 19.1. The molecule has 0 aromatic heterocycles. The molecule has 0 bridgehead atoms. The van der Waals surface area contributed by atoms with Crippen molar-refractivity contribution in [3.63, 3.8) is 0 Å². The molecular weight excluding hydrogens is 383 g/mol. The molecule has 0 radical (unpaired) electrons. The zero-order valence-electron chi connectivity index (χ0n) is 15.5. The van der Waals surface area contributed by atoms with Gasteiger partial charge in [0.25, 0.3) is 0 Å². The molecule has 0 saturated carbocycles. The molecule has 2 aromatic rings. The van der Waals surface area contributed by atoms with Gasteiger partial charge in [-0.2, -0.15) is 0 Å². The summed E-state index contributed by atoms with van der Waals surface area (Å²) in [6.45, 7) is 0.821. The van der Waals surface area contributed by atoms with Gasteiger partial charge in [0.1, 0.15) is 12.7 Å². The van der Waals surface area contributed by atoms with Crippen LogP contribution in [0.1, 0.15) is 27.6 Å². The van der Waals surface area contributed by atoms with E-state index in [1.54, 1.807) is 36.4 Å². The molecule has 1 aliphatic heterocycles. The minimum Gasteiger partial charge on any atom is -0.463 e. The van der Waals surface area contributed by atoms with E-state index in [0.717, 1.165) is 0 Å². The number of carbonyl (C=O) groups excluding carboxylic acids is 3. The minimum absolute atomic E-state index is 0.213. The third-order valence-corrected chi connectivity index (χ3v) is 4.19. The molecule has 1 heterocycles. The predicted molar refractivity (Wildman–Crippen MR) is 97.7 cm³/mol. The Morgan fingerprint density at radius 2 is 1.41 bits per heavy atom. The van der Waals surface area contributed by atoms with Gasteiger partial charge in [0, 0.05) is 6.92 Å². The predicted octanol–water partition coefficient (Wildman–Crippen LogP) is 2.70. The largest absolute Gasteiger partial charge is 0.463 e. The fourth-order valence-corrected chi connectivity index (χ4v) is 2.77. The molecule has 0 N–H and O–H groups in total. The lowest BCUT2D eigenvalue weighted by atomic mass is 10.1. The summed E-state index contributed by atoms with van der Waals surface area (Å²) in [4.78, 5) is 35.6. The van der Waals surface area contributed by atoms with Crippen molar-refractivity contribution >= 4 is 17.9 Å². The lowest BCUT2D eigenvalue weighted by Gasteiger charge is -2.19. The van der Waals surface area contributed by atoms with E-state index >= 15 is 0 Å². The second-order valence-corrected chi connectivity index (χ2v) is 6.30. The molecule has 1 aliphatic rings. The van der Waals surface area contributed by atoms with Crippen LogP contribution in [-0.2, 0) is 23.7 Å². The van der Waals surface area contributed by atoms with Crippen molar-refractivity contribution in [3.8, 4) is 0 Å². The second-order valence-electron chi connectivity index (χ2n) is 6.30. The SMILES string of the molecule is CC(=O)OCC1OC(OC(=O)c2ccccc2)C(F)C1OC(=O)c1ccccc1. The van der Waals surface area contributed by atoms with Crippen LogP contribution in [0, 0.1) is 0 Å². The molecule has 7 nitrogen and oxygen atoms in total. The quantitative estimate of drug-likeness (QED) is 0.542. The fraction of sp³-hybridized carbons (Fsp3) is 0.286. The number of benzene rings is 2. The van der Waals surface area contributed by atoms with E-state index in [4.69, 9.17) is 18.9 Å². The van der Waals surface area contributed by atoms with Crippen LogP contribution in [0.3, 0.4) is 0 Å². The number of esters is 3. The summed E-state index contributed by atoms with van der Waals surface area (Å²) >= 11 is 0. The second kappa shape index (κ2) is 9.29. The monoisotopic (exact) mass is 402 g/mol. The molecule has 0 amide bonds. The summed E-state index contributed by atoms with van der Waals surface area (Å²) in [6.07, 6.45) is -6.13. The van der Waals surface area contributed by atoms with Crippen LogP contribution >= 0.6 is 0 Å². The van der Waals surface area contributed by atoms with Gasteiger partial charge in [0.15, 0.2) is 6.10 Å². The first kappa shape index (κ1) is 20.5. The fourth-order valence-electron chi connectivity index (χ4n) is 2.77. The lowest BCUT2D eigenvalue weighted by Crippen LogP contribution is -2.37. The minimum atomic E-state index is -1.96. The zero-order chi connectivity index (χ0) is 20.8. The van der Waals surface area contributed by atoms with Crippen molar-refractivity contribution < 1.29 is 37.7 Å². The van der Waals surface area contributed by atoms with Gasteiger partial charge in [-0.25, -0.2) is 14.0 Å². The van der Waals surface area contributed by atoms with Gasteiger partial charge in [-0.15, -0.1) is 0 Å². The molecule has 8 heteroatoms. The van der Waals surface area contributed by atoms with Crippen molar-refractivity contribution in [2.45, 2.75) is 31.6 Å². The highest BCUT2D eigenvalue weighted by molar-refractivity contribution is 5.90. The summed E-state index contributed by atoms with van der Waals surface area (Å²) in [7, 11) is 0. The number of rotatable bonds is 6. The Kier molecular flexibility index (Phi) is 6.56. The Balaban J connectivity index is 1.72. The maximum absolute atomic E-state index is 15.0. The Morgan fingerprint density at radius 3 is 1.93 bits per heavy atom. The zero-order valence-corrected chi connectivity index (χ0v) is 15.5. The van der Waals surface area contributed by atoms with Crippen LogP contribution in [0.4, 0.5) is 4.39 Å². The van der Waals surface area contributed by atoms with Crippen LogP contribution < -0.4 is 0 Å². The van der Waals surface area contributed by atoms with E-state index in [-0.39, 0.29) is 17.7 Å². The van der Waals surface area contributed by atoms with Crippen LogP contribution in [0.25, 0.3) is 0 Å². The van der Waals surface area contributed by atoms with E-state index in [1.807, 2.05) is 0 Å². The number of hydrogen-bond donors (Lipinski definition) is 0. The van der Waals surface area contributed by atoms with Gasteiger partial charge >= 0.3 is 17.9 Å². The van der Waals surface area contributed by atoms with Gasteiger partial charge in [-0.1, -0.05) is 36.4 Å². The van der Waals surface area contributed by atoms with Crippen molar-refractivity contribution in [1.29, 1.82) is 0 Å². The Labute approximate surface area is 166 Å². The number of hydrogen-bond acceptors (Lipinski definition) is 7. The third-order valence-electron chi connectivity index (χ3n) is 4.19. The van der Waals surface area contributed by atoms with Crippen LogP contribution in [-0.4, -0.2) is 49.2 Å². The summed E-state index contributed by atoms with van der Waals surface area (Å²) < 4.78 is 35.6. The molecule has 1 fully saturated rings. The molecule has 0 spiro atoms. The van der Waals surface area contributed by atoms with Crippen molar-refractivity contribution in [2.75, 3.05) is 6.61 Å². The maximum atomic E-state index is 15.0. The number of ether oxygens (including phenoxy) is 4. The Hall–Kier alpha value is -3.26. The Morgan fingerprint density at radius 1 is 0.897 bits per heavy atom. The van der Waals surface area contributed by atoms with Gasteiger partial charge < -0.3 is 18.9 Å². The summed E-state index contributed by atoms with van der Waals surface area (Å²) in [5.41, 5.74) is 0.431. The highest BCUT2D eigenvalue weighted by Crippen LogP contribution is 2.29. The number of carbonyl (C=O) groups is 3. The first-order valence-electron chi connectivity index (χ1n) is 8.90. The molecule has 4 unspecified atom stereocenters. The first-order chi connectivity index (χ1) is 14.0. The van der Waals surface area contributed by atoms with E-state index in [0.29, 0.717) is 0 Å². The molecule has 152 valence electrons. The first-order valence-corrected chi connectivity index (χ1v) is 8.90. The van der Waals surface area contributed by atoms with Crippen molar-refractivity contribution in [1.82, 2.24) is 0 Å². The van der Waals surface area contributed by atoms with E-state index in [9.17, 15) is 18.8 Å². The summed E-state index contributed by atoms with van der Waals surface area (Å²) in [5.74, 6) is -2.17. The van der Waals surface area contributed by atoms with Gasteiger partial charge in [0.2, 0.25) is 12.5 Å².